The van der Waals surface area contributed by atoms with Crippen LogP contribution in [0.5, 0.6) is 0 Å². The third-order valence-electron chi connectivity index (χ3n) is 3.36. The minimum absolute atomic E-state index is 0.119. The van der Waals surface area contributed by atoms with Crippen LogP contribution in [0.25, 0.3) is 0 Å². The monoisotopic (exact) mass is 271 g/mol. The van der Waals surface area contributed by atoms with Gasteiger partial charge in [-0.25, -0.2) is 0 Å². The molecule has 0 radical (unpaired) electrons. The second kappa shape index (κ2) is 4.20. The van der Waals surface area contributed by atoms with Crippen LogP contribution in [0.4, 0.5) is 0 Å². The lowest BCUT2D eigenvalue weighted by molar-refractivity contribution is -0.129. The molecule has 1 atom stereocenters. The van der Waals surface area contributed by atoms with Crippen LogP contribution in [0, 0.1) is 5.41 Å². The van der Waals surface area contributed by atoms with Gasteiger partial charge >= 0.3 is 0 Å². The summed E-state index contributed by atoms with van der Waals surface area (Å²) in [6, 6.07) is 13.4. The lowest BCUT2D eigenvalue weighted by Gasteiger charge is -2.26. The Labute approximate surface area is 115 Å². The van der Waals surface area contributed by atoms with E-state index < -0.39 is 5.54 Å². The maximum Gasteiger partial charge on any atom is 0.265 e. The summed E-state index contributed by atoms with van der Waals surface area (Å²) in [6.45, 7) is 0. The standard InChI is InChI=1S/C14H13N3OS/c1-17-12(18)14(16-13(17)15,11-8-5-9-19-11)10-6-3-2-4-7-10/h2-9H,1H3,(H2,15,16). The van der Waals surface area contributed by atoms with E-state index in [0.717, 1.165) is 10.4 Å². The van der Waals surface area contributed by atoms with E-state index in [-0.39, 0.29) is 11.9 Å². The zero-order chi connectivity index (χ0) is 13.5. The van der Waals surface area contributed by atoms with Gasteiger partial charge in [-0.05, 0) is 17.0 Å². The molecule has 1 aliphatic rings. The molecule has 96 valence electrons. The van der Waals surface area contributed by atoms with Gasteiger partial charge < -0.3 is 5.32 Å². The van der Waals surface area contributed by atoms with Crippen molar-refractivity contribution in [3.63, 3.8) is 0 Å². The molecular formula is C14H13N3OS. The SMILES string of the molecule is CN1C(=N)NC(c2ccccc2)(c2cccs2)C1=O. The van der Waals surface area contributed by atoms with Gasteiger partial charge in [0.1, 0.15) is 0 Å². The predicted octanol–water partition coefficient (Wildman–Crippen LogP) is 1.99. The third kappa shape index (κ3) is 1.58. The van der Waals surface area contributed by atoms with Gasteiger partial charge in [0.05, 0.1) is 0 Å². The molecule has 19 heavy (non-hydrogen) atoms. The highest BCUT2D eigenvalue weighted by atomic mass is 32.1. The number of carbonyl (C=O) groups excluding carboxylic acids is 1. The van der Waals surface area contributed by atoms with Gasteiger partial charge in [-0.2, -0.15) is 0 Å². The number of hydrogen-bond acceptors (Lipinski definition) is 3. The van der Waals surface area contributed by atoms with Gasteiger partial charge in [0.25, 0.3) is 5.91 Å². The minimum atomic E-state index is -0.957. The normalized spacial score (nSPS) is 22.7. The molecule has 1 aromatic heterocycles. The summed E-state index contributed by atoms with van der Waals surface area (Å²) in [6.07, 6.45) is 0. The molecule has 0 saturated carbocycles. The fourth-order valence-electron chi connectivity index (χ4n) is 2.35. The molecule has 2 N–H and O–H groups in total. The first-order valence-corrected chi connectivity index (χ1v) is 6.78. The van der Waals surface area contributed by atoms with E-state index in [0.29, 0.717) is 0 Å². The lowest BCUT2D eigenvalue weighted by Crippen LogP contribution is -2.44. The van der Waals surface area contributed by atoms with Crippen molar-refractivity contribution in [1.82, 2.24) is 10.2 Å². The summed E-state index contributed by atoms with van der Waals surface area (Å²) in [4.78, 5) is 14.9. The molecule has 4 nitrogen and oxygen atoms in total. The van der Waals surface area contributed by atoms with Crippen LogP contribution in [0.2, 0.25) is 0 Å². The van der Waals surface area contributed by atoms with Crippen LogP contribution in [0.15, 0.2) is 47.8 Å². The number of amides is 1. The fourth-order valence-corrected chi connectivity index (χ4v) is 3.25. The molecule has 5 heteroatoms. The van der Waals surface area contributed by atoms with Crippen molar-refractivity contribution in [3.8, 4) is 0 Å². The van der Waals surface area contributed by atoms with Crippen LogP contribution in [0.1, 0.15) is 10.4 Å². The quantitative estimate of drug-likeness (QED) is 0.877. The molecule has 1 amide bonds. The van der Waals surface area contributed by atoms with Crippen molar-refractivity contribution in [1.29, 1.82) is 5.41 Å². The second-order valence-corrected chi connectivity index (χ2v) is 5.38. The Bertz CT molecular complexity index is 623. The summed E-state index contributed by atoms with van der Waals surface area (Å²) >= 11 is 1.52. The van der Waals surface area contributed by atoms with Gasteiger partial charge in [-0.15, -0.1) is 11.3 Å². The molecule has 3 rings (SSSR count). The van der Waals surface area contributed by atoms with Crippen molar-refractivity contribution < 1.29 is 4.79 Å². The van der Waals surface area contributed by atoms with Crippen molar-refractivity contribution in [2.24, 2.45) is 0 Å². The Kier molecular flexibility index (Phi) is 2.64. The smallest absolute Gasteiger partial charge is 0.265 e. The number of guanidine groups is 1. The maximum atomic E-state index is 12.7. The zero-order valence-electron chi connectivity index (χ0n) is 10.4. The van der Waals surface area contributed by atoms with E-state index in [1.807, 2.05) is 47.8 Å². The number of likely N-dealkylation sites (N-methyl/N-ethyl adjacent to an activating group) is 1. The van der Waals surface area contributed by atoms with E-state index in [4.69, 9.17) is 5.41 Å². The molecule has 1 aromatic carbocycles. The van der Waals surface area contributed by atoms with Gasteiger partial charge in [-0.3, -0.25) is 15.1 Å². The molecule has 0 spiro atoms. The number of hydrogen-bond donors (Lipinski definition) is 2. The molecule has 1 aliphatic heterocycles. The molecule has 2 aromatic rings. The molecule has 1 unspecified atom stereocenters. The highest BCUT2D eigenvalue weighted by Gasteiger charge is 2.51. The second-order valence-electron chi connectivity index (χ2n) is 4.43. The average molecular weight is 271 g/mol. The summed E-state index contributed by atoms with van der Waals surface area (Å²) in [5.74, 6) is 0.00778. The first-order chi connectivity index (χ1) is 9.16. The Morgan fingerprint density at radius 1 is 1.21 bits per heavy atom. The van der Waals surface area contributed by atoms with E-state index in [1.54, 1.807) is 7.05 Å². The van der Waals surface area contributed by atoms with Gasteiger partial charge in [0, 0.05) is 11.9 Å². The number of rotatable bonds is 2. The van der Waals surface area contributed by atoms with Crippen LogP contribution < -0.4 is 5.32 Å². The highest BCUT2D eigenvalue weighted by Crippen LogP contribution is 2.37. The van der Waals surface area contributed by atoms with Gasteiger partial charge in [-0.1, -0.05) is 36.4 Å². The summed E-state index contributed by atoms with van der Waals surface area (Å²) in [5.41, 5.74) is -0.0992. The lowest BCUT2D eigenvalue weighted by atomic mass is 9.88. The topological polar surface area (TPSA) is 56.2 Å². The van der Waals surface area contributed by atoms with Crippen LogP contribution >= 0.6 is 11.3 Å². The first-order valence-electron chi connectivity index (χ1n) is 5.90. The summed E-state index contributed by atoms with van der Waals surface area (Å²) in [5, 5.41) is 12.9. The summed E-state index contributed by atoms with van der Waals surface area (Å²) in [7, 11) is 1.62. The number of thiophene rings is 1. The van der Waals surface area contributed by atoms with E-state index >= 15 is 0 Å². The Hall–Kier alpha value is -2.14. The molecule has 0 aliphatic carbocycles. The number of benzene rings is 1. The number of nitrogens with one attached hydrogen (secondary N) is 2. The Morgan fingerprint density at radius 2 is 1.95 bits per heavy atom. The van der Waals surface area contributed by atoms with Crippen molar-refractivity contribution in [2.45, 2.75) is 5.54 Å². The molecule has 0 bridgehead atoms. The van der Waals surface area contributed by atoms with Gasteiger partial charge in [0.15, 0.2) is 11.5 Å². The van der Waals surface area contributed by atoms with Crippen molar-refractivity contribution in [3.05, 3.63) is 58.3 Å². The first kappa shape index (κ1) is 11.9. The van der Waals surface area contributed by atoms with Crippen molar-refractivity contribution >= 4 is 23.2 Å². The van der Waals surface area contributed by atoms with Gasteiger partial charge in [0.2, 0.25) is 0 Å². The molecule has 1 saturated heterocycles. The molecular weight excluding hydrogens is 258 g/mol. The number of nitrogens with zero attached hydrogens (tertiary/aromatic N) is 1. The maximum absolute atomic E-state index is 12.7. The summed E-state index contributed by atoms with van der Waals surface area (Å²) < 4.78 is 0. The predicted molar refractivity (Wildman–Crippen MR) is 75.2 cm³/mol. The van der Waals surface area contributed by atoms with Crippen molar-refractivity contribution in [2.75, 3.05) is 7.05 Å². The largest absolute Gasteiger partial charge is 0.334 e. The third-order valence-corrected chi connectivity index (χ3v) is 4.35. The Morgan fingerprint density at radius 3 is 2.47 bits per heavy atom. The molecule has 2 heterocycles. The van der Waals surface area contributed by atoms with Crippen LogP contribution in [-0.2, 0) is 10.3 Å². The van der Waals surface area contributed by atoms with E-state index in [9.17, 15) is 4.79 Å². The van der Waals surface area contributed by atoms with E-state index in [1.165, 1.54) is 16.2 Å². The van der Waals surface area contributed by atoms with Crippen LogP contribution in [-0.4, -0.2) is 23.8 Å². The highest BCUT2D eigenvalue weighted by molar-refractivity contribution is 7.10. The fraction of sp³-hybridized carbons (Fsp3) is 0.143. The Balaban J connectivity index is 2.24. The average Bonchev–Trinajstić information content (AvgIpc) is 3.04. The number of carbonyl (C=O) groups is 1. The zero-order valence-corrected chi connectivity index (χ0v) is 11.2. The van der Waals surface area contributed by atoms with Crippen LogP contribution in [0.3, 0.4) is 0 Å². The van der Waals surface area contributed by atoms with E-state index in [2.05, 4.69) is 5.32 Å². The molecule has 1 fully saturated rings. The minimum Gasteiger partial charge on any atom is -0.334 e.